The topological polar surface area (TPSA) is 102 Å². The van der Waals surface area contributed by atoms with Gasteiger partial charge in [-0.1, -0.05) is 12.1 Å². The maximum atomic E-state index is 5.67. The number of nitrogens with zero attached hydrogens (tertiary/aromatic N) is 2. The minimum absolute atomic E-state index is 0.188. The fourth-order valence-electron chi connectivity index (χ4n) is 2.64. The molecule has 1 heterocycles. The van der Waals surface area contributed by atoms with Crippen molar-refractivity contribution in [1.82, 2.24) is 9.97 Å². The van der Waals surface area contributed by atoms with E-state index in [2.05, 4.69) is 38.9 Å². The van der Waals surface area contributed by atoms with Crippen LogP contribution in [0.1, 0.15) is 24.0 Å². The second-order valence-corrected chi connectivity index (χ2v) is 4.92. The summed E-state index contributed by atoms with van der Waals surface area (Å²) in [5.41, 5.74) is 12.0. The molecule has 1 aliphatic carbocycles. The maximum Gasteiger partial charge on any atom is 0.223 e. The largest absolute Gasteiger partial charge is 0.368 e. The predicted molar refractivity (Wildman–Crippen MR) is 80.6 cm³/mol. The summed E-state index contributed by atoms with van der Waals surface area (Å²) in [6, 6.07) is 8.07. The molecular formula is C14H18N6. The van der Waals surface area contributed by atoms with Crippen LogP contribution in [-0.4, -0.2) is 9.97 Å². The first-order chi connectivity index (χ1) is 9.76. The van der Waals surface area contributed by atoms with E-state index in [0.717, 1.165) is 18.5 Å². The van der Waals surface area contributed by atoms with Crippen molar-refractivity contribution in [3.8, 4) is 0 Å². The molecule has 3 rings (SSSR count). The third kappa shape index (κ3) is 2.50. The Morgan fingerprint density at radius 2 is 1.85 bits per heavy atom. The highest BCUT2D eigenvalue weighted by atomic mass is 15.3. The van der Waals surface area contributed by atoms with E-state index >= 15 is 0 Å². The summed E-state index contributed by atoms with van der Waals surface area (Å²) in [5, 5.41) is 3.32. The molecule has 0 fully saturated rings. The highest BCUT2D eigenvalue weighted by molar-refractivity contribution is 5.65. The molecular weight excluding hydrogens is 252 g/mol. The Hall–Kier alpha value is -2.34. The summed E-state index contributed by atoms with van der Waals surface area (Å²) in [5.74, 6) is 6.69. The van der Waals surface area contributed by atoms with Gasteiger partial charge in [-0.3, -0.25) is 0 Å². The zero-order chi connectivity index (χ0) is 13.9. The van der Waals surface area contributed by atoms with Gasteiger partial charge in [-0.2, -0.15) is 9.97 Å². The smallest absolute Gasteiger partial charge is 0.223 e. The van der Waals surface area contributed by atoms with Crippen LogP contribution in [0.5, 0.6) is 0 Å². The van der Waals surface area contributed by atoms with E-state index in [1.54, 1.807) is 6.07 Å². The third-order valence-electron chi connectivity index (χ3n) is 3.55. The van der Waals surface area contributed by atoms with Crippen LogP contribution in [0.15, 0.2) is 24.3 Å². The van der Waals surface area contributed by atoms with Gasteiger partial charge in [-0.05, 0) is 42.9 Å². The Bertz CT molecular complexity index is 625. The van der Waals surface area contributed by atoms with E-state index < -0.39 is 0 Å². The normalized spacial score (nSPS) is 13.7. The number of anilines is 4. The van der Waals surface area contributed by atoms with Crippen LogP contribution in [-0.2, 0) is 12.8 Å². The van der Waals surface area contributed by atoms with Gasteiger partial charge in [-0.15, -0.1) is 0 Å². The van der Waals surface area contributed by atoms with Crippen molar-refractivity contribution < 1.29 is 0 Å². The summed E-state index contributed by atoms with van der Waals surface area (Å²) in [7, 11) is 0. The molecule has 6 nitrogen and oxygen atoms in total. The first-order valence-electron chi connectivity index (χ1n) is 6.75. The number of fused-ring (bicyclic) bond motifs is 1. The van der Waals surface area contributed by atoms with Gasteiger partial charge in [0.15, 0.2) is 0 Å². The molecule has 1 aromatic heterocycles. The highest BCUT2D eigenvalue weighted by Gasteiger charge is 2.13. The lowest BCUT2D eigenvalue weighted by Crippen LogP contribution is -2.12. The maximum absolute atomic E-state index is 5.67. The number of hydrogen-bond acceptors (Lipinski definition) is 6. The monoisotopic (exact) mass is 270 g/mol. The molecule has 0 saturated heterocycles. The lowest BCUT2D eigenvalue weighted by atomic mass is 9.90. The van der Waals surface area contributed by atoms with Gasteiger partial charge in [0, 0.05) is 11.8 Å². The van der Waals surface area contributed by atoms with Crippen molar-refractivity contribution in [3.63, 3.8) is 0 Å². The van der Waals surface area contributed by atoms with E-state index in [-0.39, 0.29) is 5.95 Å². The molecule has 0 atom stereocenters. The van der Waals surface area contributed by atoms with Gasteiger partial charge < -0.3 is 16.5 Å². The SMILES string of the molecule is NNc1cc(Nc2cccc3c2CCCC3)nc(N)n1. The van der Waals surface area contributed by atoms with Crippen LogP contribution in [0.25, 0.3) is 0 Å². The number of rotatable bonds is 3. The quantitative estimate of drug-likeness (QED) is 0.502. The van der Waals surface area contributed by atoms with E-state index in [0.29, 0.717) is 11.6 Å². The van der Waals surface area contributed by atoms with E-state index in [1.807, 2.05) is 0 Å². The molecule has 1 aliphatic rings. The summed E-state index contributed by atoms with van der Waals surface area (Å²) in [6.07, 6.45) is 4.73. The molecule has 0 unspecified atom stereocenters. The van der Waals surface area contributed by atoms with Crippen LogP contribution in [0, 0.1) is 0 Å². The molecule has 2 aromatic rings. The number of hydrogen-bond donors (Lipinski definition) is 4. The molecule has 0 spiro atoms. The Balaban J connectivity index is 1.93. The second kappa shape index (κ2) is 5.34. The van der Waals surface area contributed by atoms with Crippen molar-refractivity contribution in [1.29, 1.82) is 0 Å². The molecule has 20 heavy (non-hydrogen) atoms. The number of nitrogens with two attached hydrogens (primary N) is 2. The Morgan fingerprint density at radius 1 is 1.05 bits per heavy atom. The van der Waals surface area contributed by atoms with Crippen molar-refractivity contribution in [3.05, 3.63) is 35.4 Å². The van der Waals surface area contributed by atoms with Gasteiger partial charge in [0.2, 0.25) is 5.95 Å². The first kappa shape index (κ1) is 12.7. The number of nitrogen functional groups attached to an aromatic ring is 2. The fourth-order valence-corrected chi connectivity index (χ4v) is 2.64. The van der Waals surface area contributed by atoms with Gasteiger partial charge in [0.05, 0.1) is 0 Å². The molecule has 0 bridgehead atoms. The number of hydrazine groups is 1. The van der Waals surface area contributed by atoms with Crippen molar-refractivity contribution >= 4 is 23.3 Å². The lowest BCUT2D eigenvalue weighted by molar-refractivity contribution is 0.687. The molecule has 104 valence electrons. The molecule has 6 N–H and O–H groups in total. The lowest BCUT2D eigenvalue weighted by Gasteiger charge is -2.20. The van der Waals surface area contributed by atoms with Gasteiger partial charge in [0.25, 0.3) is 0 Å². The number of aromatic nitrogens is 2. The summed E-state index contributed by atoms with van der Waals surface area (Å²) >= 11 is 0. The molecule has 6 heteroatoms. The molecule has 0 aliphatic heterocycles. The van der Waals surface area contributed by atoms with Crippen molar-refractivity contribution in [2.45, 2.75) is 25.7 Å². The second-order valence-electron chi connectivity index (χ2n) is 4.92. The Kier molecular flexibility index (Phi) is 3.39. The van der Waals surface area contributed by atoms with E-state index in [1.165, 1.54) is 24.0 Å². The predicted octanol–water partition coefficient (Wildman–Crippen LogP) is 1.97. The highest BCUT2D eigenvalue weighted by Crippen LogP contribution is 2.29. The molecule has 0 saturated carbocycles. The first-order valence-corrected chi connectivity index (χ1v) is 6.75. The standard InChI is InChI=1S/C14H18N6/c15-14-18-12(8-13(19-14)20-16)17-11-7-3-5-9-4-1-2-6-10(9)11/h3,5,7-8H,1-2,4,6,16H2,(H4,15,17,18,19,20). The van der Waals surface area contributed by atoms with E-state index in [4.69, 9.17) is 11.6 Å². The average Bonchev–Trinajstić information content (AvgIpc) is 2.47. The summed E-state index contributed by atoms with van der Waals surface area (Å²) in [6.45, 7) is 0. The Labute approximate surface area is 117 Å². The Morgan fingerprint density at radius 3 is 2.70 bits per heavy atom. The zero-order valence-corrected chi connectivity index (χ0v) is 11.2. The van der Waals surface area contributed by atoms with Gasteiger partial charge >= 0.3 is 0 Å². The number of nitrogens with one attached hydrogen (secondary N) is 2. The molecule has 0 radical (unpaired) electrons. The zero-order valence-electron chi connectivity index (χ0n) is 11.2. The van der Waals surface area contributed by atoms with Gasteiger partial charge in [0.1, 0.15) is 11.6 Å². The van der Waals surface area contributed by atoms with Crippen molar-refractivity contribution in [2.75, 3.05) is 16.5 Å². The van der Waals surface area contributed by atoms with Crippen LogP contribution < -0.4 is 22.3 Å². The third-order valence-corrected chi connectivity index (χ3v) is 3.55. The van der Waals surface area contributed by atoms with Crippen LogP contribution in [0.3, 0.4) is 0 Å². The average molecular weight is 270 g/mol. The fraction of sp³-hybridized carbons (Fsp3) is 0.286. The summed E-state index contributed by atoms with van der Waals surface area (Å²) in [4.78, 5) is 8.16. The van der Waals surface area contributed by atoms with Crippen LogP contribution in [0.2, 0.25) is 0 Å². The number of aryl methyl sites for hydroxylation is 1. The van der Waals surface area contributed by atoms with Gasteiger partial charge in [-0.25, -0.2) is 5.84 Å². The van der Waals surface area contributed by atoms with E-state index in [9.17, 15) is 0 Å². The minimum atomic E-state index is 0.188. The van der Waals surface area contributed by atoms with Crippen LogP contribution >= 0.6 is 0 Å². The molecule has 0 amide bonds. The summed E-state index contributed by atoms with van der Waals surface area (Å²) < 4.78 is 0. The minimum Gasteiger partial charge on any atom is -0.368 e. The number of benzene rings is 1. The molecule has 1 aromatic carbocycles. The van der Waals surface area contributed by atoms with Crippen LogP contribution in [0.4, 0.5) is 23.3 Å². The van der Waals surface area contributed by atoms with Crippen molar-refractivity contribution in [2.24, 2.45) is 5.84 Å².